The van der Waals surface area contributed by atoms with Gasteiger partial charge in [-0.3, -0.25) is 14.1 Å². The molecule has 2 aromatic carbocycles. The lowest BCUT2D eigenvalue weighted by Gasteiger charge is -2.08. The summed E-state index contributed by atoms with van der Waals surface area (Å²) < 4.78 is 31.3. The molecule has 0 aliphatic heterocycles. The second-order valence-corrected chi connectivity index (χ2v) is 7.46. The van der Waals surface area contributed by atoms with Gasteiger partial charge in [-0.1, -0.05) is 53.3 Å². The van der Waals surface area contributed by atoms with Crippen molar-refractivity contribution in [1.29, 1.82) is 0 Å². The molecule has 2 heterocycles. The van der Waals surface area contributed by atoms with Crippen molar-refractivity contribution in [2.24, 2.45) is 0 Å². The standard InChI is InChI=1S/C18H14N4O5S/c23-17-15-16(19-12-21(15)11-13-7-3-1-4-8-13)20-18(24)22(17)27-28(25,26)14-9-5-2-6-10-14/h1-10,12H,11H2,(H,20,24). The van der Waals surface area contributed by atoms with Gasteiger partial charge in [0.2, 0.25) is 0 Å². The van der Waals surface area contributed by atoms with Gasteiger partial charge in [0.15, 0.2) is 11.2 Å². The molecule has 4 aromatic rings. The number of H-pyrrole nitrogens is 1. The van der Waals surface area contributed by atoms with Crippen LogP contribution in [-0.4, -0.2) is 27.7 Å². The van der Waals surface area contributed by atoms with Crippen molar-refractivity contribution >= 4 is 21.3 Å². The molecule has 0 radical (unpaired) electrons. The fraction of sp³-hybridized carbons (Fsp3) is 0.0556. The fourth-order valence-corrected chi connectivity index (χ4v) is 3.64. The molecule has 142 valence electrons. The van der Waals surface area contributed by atoms with Crippen molar-refractivity contribution in [1.82, 2.24) is 19.3 Å². The van der Waals surface area contributed by atoms with Crippen LogP contribution < -0.4 is 15.5 Å². The second-order valence-electron chi connectivity index (χ2n) is 5.93. The van der Waals surface area contributed by atoms with Crippen LogP contribution in [0.2, 0.25) is 0 Å². The van der Waals surface area contributed by atoms with Crippen LogP contribution in [0.1, 0.15) is 5.56 Å². The van der Waals surface area contributed by atoms with Gasteiger partial charge in [-0.15, -0.1) is 0 Å². The van der Waals surface area contributed by atoms with Crippen LogP contribution in [0.25, 0.3) is 11.2 Å². The highest BCUT2D eigenvalue weighted by molar-refractivity contribution is 7.87. The Kier molecular flexibility index (Phi) is 4.32. The van der Waals surface area contributed by atoms with Crippen LogP contribution in [0.15, 0.2) is 81.5 Å². The average Bonchev–Trinajstić information content (AvgIpc) is 3.09. The smallest absolute Gasteiger partial charge is 0.320 e. The third-order valence-corrected chi connectivity index (χ3v) is 5.23. The first-order valence-corrected chi connectivity index (χ1v) is 9.61. The molecular formula is C18H14N4O5S. The summed E-state index contributed by atoms with van der Waals surface area (Å²) in [6.45, 7) is 0.310. The SMILES string of the molecule is O=c1[nH]c2ncn(Cc3ccccc3)c2c(=O)n1OS(=O)(=O)c1ccccc1. The minimum absolute atomic E-state index is 0.0201. The third-order valence-electron chi connectivity index (χ3n) is 4.03. The van der Waals surface area contributed by atoms with Gasteiger partial charge in [0.1, 0.15) is 4.90 Å². The van der Waals surface area contributed by atoms with Gasteiger partial charge in [0, 0.05) is 6.54 Å². The Labute approximate surface area is 158 Å². The molecule has 9 nitrogen and oxygen atoms in total. The van der Waals surface area contributed by atoms with Gasteiger partial charge in [0.05, 0.1) is 6.33 Å². The summed E-state index contributed by atoms with van der Waals surface area (Å²) in [6, 6.07) is 16.5. The number of aromatic amines is 1. The third kappa shape index (κ3) is 3.21. The van der Waals surface area contributed by atoms with Gasteiger partial charge in [-0.25, -0.2) is 9.78 Å². The minimum Gasteiger partial charge on any atom is -0.320 e. The van der Waals surface area contributed by atoms with Crippen LogP contribution in [0, 0.1) is 0 Å². The van der Waals surface area contributed by atoms with E-state index in [1.54, 1.807) is 6.07 Å². The highest BCUT2D eigenvalue weighted by Crippen LogP contribution is 2.10. The summed E-state index contributed by atoms with van der Waals surface area (Å²) in [5.41, 5.74) is -1.000. The first-order valence-electron chi connectivity index (χ1n) is 8.20. The first-order chi connectivity index (χ1) is 13.5. The van der Waals surface area contributed by atoms with E-state index in [1.807, 2.05) is 30.3 Å². The fourth-order valence-electron chi connectivity index (χ4n) is 2.73. The first kappa shape index (κ1) is 17.7. The number of hydrogen-bond donors (Lipinski definition) is 1. The van der Waals surface area contributed by atoms with Crippen molar-refractivity contribution in [3.63, 3.8) is 0 Å². The number of nitrogens with zero attached hydrogens (tertiary/aromatic N) is 3. The van der Waals surface area contributed by atoms with Crippen LogP contribution >= 0.6 is 0 Å². The van der Waals surface area contributed by atoms with Gasteiger partial charge >= 0.3 is 21.4 Å². The molecule has 2 aromatic heterocycles. The normalized spacial score (nSPS) is 11.6. The van der Waals surface area contributed by atoms with Crippen molar-refractivity contribution in [2.45, 2.75) is 11.4 Å². The van der Waals surface area contributed by atoms with E-state index < -0.39 is 21.4 Å². The molecule has 0 saturated carbocycles. The largest absolute Gasteiger partial charge is 0.365 e. The molecule has 0 aliphatic carbocycles. The molecule has 0 aliphatic rings. The molecule has 1 N–H and O–H groups in total. The number of rotatable bonds is 5. The van der Waals surface area contributed by atoms with E-state index in [9.17, 15) is 18.0 Å². The maximum atomic E-state index is 12.8. The van der Waals surface area contributed by atoms with E-state index in [0.717, 1.165) is 5.56 Å². The number of benzene rings is 2. The molecule has 10 heteroatoms. The number of hydrogen-bond acceptors (Lipinski definition) is 6. The van der Waals surface area contributed by atoms with Crippen LogP contribution in [-0.2, 0) is 16.7 Å². The number of fused-ring (bicyclic) bond motifs is 1. The van der Waals surface area contributed by atoms with Crippen LogP contribution in [0.5, 0.6) is 0 Å². The Bertz CT molecular complexity index is 1360. The molecule has 0 saturated heterocycles. The molecule has 0 bridgehead atoms. The predicted octanol–water partition coefficient (Wildman–Crippen LogP) is 0.752. The summed E-state index contributed by atoms with van der Waals surface area (Å²) in [5.74, 6) is 0. The monoisotopic (exact) mass is 398 g/mol. The summed E-state index contributed by atoms with van der Waals surface area (Å²) in [5, 5.41) is 0. The zero-order valence-electron chi connectivity index (χ0n) is 14.3. The van der Waals surface area contributed by atoms with Gasteiger partial charge < -0.3 is 4.57 Å². The lowest BCUT2D eigenvalue weighted by Crippen LogP contribution is -2.42. The van der Waals surface area contributed by atoms with Gasteiger partial charge in [-0.2, -0.15) is 8.42 Å². The number of imidazole rings is 1. The molecule has 0 spiro atoms. The summed E-state index contributed by atoms with van der Waals surface area (Å²) >= 11 is 0. The molecule has 0 fully saturated rings. The second kappa shape index (κ2) is 6.82. The summed E-state index contributed by atoms with van der Waals surface area (Å²) in [4.78, 5) is 31.2. The maximum absolute atomic E-state index is 12.8. The van der Waals surface area contributed by atoms with Crippen molar-refractivity contribution in [3.8, 4) is 0 Å². The Balaban J connectivity index is 1.81. The van der Waals surface area contributed by atoms with E-state index >= 15 is 0 Å². The topological polar surface area (TPSA) is 116 Å². The molecular weight excluding hydrogens is 384 g/mol. The lowest BCUT2D eigenvalue weighted by atomic mass is 10.2. The van der Waals surface area contributed by atoms with Crippen LogP contribution in [0.4, 0.5) is 0 Å². The minimum atomic E-state index is -4.37. The lowest BCUT2D eigenvalue weighted by molar-refractivity contribution is 0.253. The van der Waals surface area contributed by atoms with Crippen molar-refractivity contribution < 1.29 is 12.7 Å². The quantitative estimate of drug-likeness (QED) is 0.530. The number of nitrogens with one attached hydrogen (secondary N) is 1. The average molecular weight is 398 g/mol. The Morgan fingerprint density at radius 3 is 2.29 bits per heavy atom. The molecule has 0 unspecified atom stereocenters. The summed E-state index contributed by atoms with van der Waals surface area (Å²) in [7, 11) is -4.37. The maximum Gasteiger partial charge on any atom is 0.365 e. The molecule has 4 rings (SSSR count). The van der Waals surface area contributed by atoms with E-state index in [4.69, 9.17) is 4.28 Å². The predicted molar refractivity (Wildman–Crippen MR) is 100 cm³/mol. The summed E-state index contributed by atoms with van der Waals surface area (Å²) in [6.07, 6.45) is 1.39. The van der Waals surface area contributed by atoms with E-state index in [2.05, 4.69) is 9.97 Å². The highest BCUT2D eigenvalue weighted by Gasteiger charge is 2.21. The Morgan fingerprint density at radius 2 is 1.61 bits per heavy atom. The zero-order chi connectivity index (χ0) is 19.7. The zero-order valence-corrected chi connectivity index (χ0v) is 15.2. The van der Waals surface area contributed by atoms with E-state index in [-0.39, 0.29) is 20.8 Å². The van der Waals surface area contributed by atoms with E-state index in [0.29, 0.717) is 6.54 Å². The Morgan fingerprint density at radius 1 is 0.964 bits per heavy atom. The van der Waals surface area contributed by atoms with Gasteiger partial charge in [-0.05, 0) is 17.7 Å². The molecule has 0 amide bonds. The highest BCUT2D eigenvalue weighted by atomic mass is 32.2. The number of aromatic nitrogens is 4. The molecule has 0 atom stereocenters. The Hall–Kier alpha value is -3.66. The van der Waals surface area contributed by atoms with Crippen molar-refractivity contribution in [2.75, 3.05) is 0 Å². The van der Waals surface area contributed by atoms with Crippen LogP contribution in [0.3, 0.4) is 0 Å². The van der Waals surface area contributed by atoms with Gasteiger partial charge in [0.25, 0.3) is 0 Å². The van der Waals surface area contributed by atoms with E-state index in [1.165, 1.54) is 35.2 Å². The van der Waals surface area contributed by atoms with Crippen molar-refractivity contribution in [3.05, 3.63) is 93.4 Å². The molecule has 28 heavy (non-hydrogen) atoms.